The maximum atomic E-state index is 12.0. The lowest BCUT2D eigenvalue weighted by atomic mass is 10.2. The van der Waals surface area contributed by atoms with E-state index in [1.165, 1.54) is 16.8 Å². The lowest BCUT2D eigenvalue weighted by molar-refractivity contribution is -0.124. The molecule has 1 aromatic heterocycles. The Kier molecular flexibility index (Phi) is 6.90. The summed E-state index contributed by atoms with van der Waals surface area (Å²) in [4.78, 5) is 35.4. The summed E-state index contributed by atoms with van der Waals surface area (Å²) in [5.74, 6) is -0.508. The first kappa shape index (κ1) is 19.2. The van der Waals surface area contributed by atoms with E-state index in [2.05, 4.69) is 10.4 Å². The van der Waals surface area contributed by atoms with E-state index in [1.54, 1.807) is 19.2 Å². The van der Waals surface area contributed by atoms with E-state index in [1.807, 2.05) is 19.1 Å². The molecule has 0 saturated heterocycles. The maximum absolute atomic E-state index is 12.0. The number of ether oxygens (including phenoxy) is 2. The maximum Gasteiger partial charge on any atom is 0.359 e. The Labute approximate surface area is 150 Å². The quantitative estimate of drug-likeness (QED) is 0.710. The van der Waals surface area contributed by atoms with Crippen molar-refractivity contribution in [2.24, 2.45) is 0 Å². The van der Waals surface area contributed by atoms with E-state index in [9.17, 15) is 14.4 Å². The average molecular weight is 359 g/mol. The summed E-state index contributed by atoms with van der Waals surface area (Å²) in [6, 6.07) is 9.80. The molecule has 0 aliphatic heterocycles. The Morgan fingerprint density at radius 2 is 2.04 bits per heavy atom. The van der Waals surface area contributed by atoms with Crippen LogP contribution in [0.25, 0.3) is 0 Å². The number of carbonyl (C=O) groups excluding carboxylic acids is 2. The summed E-state index contributed by atoms with van der Waals surface area (Å²) < 4.78 is 11.2. The summed E-state index contributed by atoms with van der Waals surface area (Å²) in [6.45, 7) is 2.15. The molecule has 8 heteroatoms. The molecule has 1 heterocycles. The van der Waals surface area contributed by atoms with Crippen molar-refractivity contribution in [3.8, 4) is 5.75 Å². The molecule has 0 atom stereocenters. The fourth-order valence-electron chi connectivity index (χ4n) is 2.17. The molecule has 0 radical (unpaired) electrons. The largest absolute Gasteiger partial charge is 0.497 e. The molecule has 1 N–H and O–H groups in total. The molecule has 0 aliphatic rings. The highest BCUT2D eigenvalue weighted by molar-refractivity contribution is 5.89. The molecule has 2 rings (SSSR count). The first-order valence-electron chi connectivity index (χ1n) is 8.18. The molecule has 0 spiro atoms. The second-order valence-electron chi connectivity index (χ2n) is 5.48. The molecule has 0 unspecified atom stereocenters. The van der Waals surface area contributed by atoms with Gasteiger partial charge in [0, 0.05) is 19.2 Å². The van der Waals surface area contributed by atoms with Crippen LogP contribution in [-0.4, -0.2) is 35.4 Å². The minimum atomic E-state index is -0.758. The van der Waals surface area contributed by atoms with Crippen molar-refractivity contribution in [3.05, 3.63) is 58.0 Å². The minimum absolute atomic E-state index is 0.0151. The van der Waals surface area contributed by atoms with Gasteiger partial charge in [0.15, 0.2) is 12.3 Å². The number of amides is 1. The highest BCUT2D eigenvalue weighted by atomic mass is 16.5. The third-order valence-corrected chi connectivity index (χ3v) is 3.47. The van der Waals surface area contributed by atoms with E-state index in [4.69, 9.17) is 9.47 Å². The molecule has 2 aromatic rings. The van der Waals surface area contributed by atoms with Crippen LogP contribution < -0.4 is 15.6 Å². The number of methoxy groups -OCH3 is 1. The Morgan fingerprint density at radius 1 is 1.23 bits per heavy atom. The van der Waals surface area contributed by atoms with E-state index < -0.39 is 18.5 Å². The SMILES string of the molecule is CCCn1nc(C(=O)OCC(=O)NCc2cccc(OC)c2)ccc1=O. The van der Waals surface area contributed by atoms with E-state index >= 15 is 0 Å². The molecule has 0 aliphatic carbocycles. The molecule has 0 saturated carbocycles. The predicted molar refractivity (Wildman–Crippen MR) is 93.9 cm³/mol. The van der Waals surface area contributed by atoms with Crippen LogP contribution in [0.2, 0.25) is 0 Å². The fraction of sp³-hybridized carbons (Fsp3) is 0.333. The summed E-state index contributed by atoms with van der Waals surface area (Å²) in [6.07, 6.45) is 0.706. The lowest BCUT2D eigenvalue weighted by Gasteiger charge is -2.08. The van der Waals surface area contributed by atoms with Gasteiger partial charge >= 0.3 is 5.97 Å². The third-order valence-electron chi connectivity index (χ3n) is 3.47. The Hall–Kier alpha value is -3.16. The van der Waals surface area contributed by atoms with Crippen LogP contribution in [0.1, 0.15) is 29.4 Å². The number of hydrogen-bond donors (Lipinski definition) is 1. The first-order valence-corrected chi connectivity index (χ1v) is 8.18. The number of aromatic nitrogens is 2. The van der Waals surface area contributed by atoms with Crippen LogP contribution in [0.5, 0.6) is 5.75 Å². The van der Waals surface area contributed by atoms with Gasteiger partial charge in [-0.2, -0.15) is 5.10 Å². The van der Waals surface area contributed by atoms with E-state index in [0.29, 0.717) is 18.7 Å². The fourth-order valence-corrected chi connectivity index (χ4v) is 2.17. The molecule has 8 nitrogen and oxygen atoms in total. The molecular formula is C18H21N3O5. The number of nitrogens with one attached hydrogen (secondary N) is 1. The Bertz CT molecular complexity index is 832. The first-order chi connectivity index (χ1) is 12.5. The van der Waals surface area contributed by atoms with Crippen LogP contribution in [0.15, 0.2) is 41.2 Å². The van der Waals surface area contributed by atoms with E-state index in [-0.39, 0.29) is 17.8 Å². The summed E-state index contributed by atoms with van der Waals surface area (Å²) in [5, 5.41) is 6.59. The van der Waals surface area contributed by atoms with Gasteiger partial charge in [-0.1, -0.05) is 19.1 Å². The monoisotopic (exact) mass is 359 g/mol. The molecular weight excluding hydrogens is 338 g/mol. The van der Waals surface area contributed by atoms with Gasteiger partial charge in [-0.15, -0.1) is 0 Å². The van der Waals surface area contributed by atoms with Crippen LogP contribution in [0.4, 0.5) is 0 Å². The van der Waals surface area contributed by atoms with Gasteiger partial charge in [-0.3, -0.25) is 9.59 Å². The molecule has 138 valence electrons. The van der Waals surface area contributed by atoms with Crippen molar-refractivity contribution in [1.82, 2.24) is 15.1 Å². The molecule has 1 amide bonds. The standard InChI is InChI=1S/C18H21N3O5/c1-3-9-21-17(23)8-7-15(20-21)18(24)26-12-16(22)19-11-13-5-4-6-14(10-13)25-2/h4-8,10H,3,9,11-12H2,1-2H3,(H,19,22). The molecule has 26 heavy (non-hydrogen) atoms. The smallest absolute Gasteiger partial charge is 0.359 e. The zero-order valence-corrected chi connectivity index (χ0v) is 14.7. The summed E-state index contributed by atoms with van der Waals surface area (Å²) in [5.41, 5.74) is 0.551. The normalized spacial score (nSPS) is 10.2. The van der Waals surface area contributed by atoms with Crippen molar-refractivity contribution in [1.29, 1.82) is 0 Å². The van der Waals surface area contributed by atoms with Crippen molar-refractivity contribution in [3.63, 3.8) is 0 Å². The topological polar surface area (TPSA) is 99.5 Å². The van der Waals surface area contributed by atoms with Gasteiger partial charge in [-0.25, -0.2) is 9.48 Å². The average Bonchev–Trinajstić information content (AvgIpc) is 2.66. The molecule has 0 fully saturated rings. The highest BCUT2D eigenvalue weighted by Crippen LogP contribution is 2.12. The number of benzene rings is 1. The van der Waals surface area contributed by atoms with Gasteiger partial charge in [-0.05, 0) is 30.2 Å². The Morgan fingerprint density at radius 3 is 2.77 bits per heavy atom. The second kappa shape index (κ2) is 9.36. The number of aryl methyl sites for hydroxylation is 1. The predicted octanol–water partition coefficient (Wildman–Crippen LogP) is 1.14. The molecule has 0 bridgehead atoms. The van der Waals surface area contributed by atoms with Gasteiger partial charge < -0.3 is 14.8 Å². The van der Waals surface area contributed by atoms with Crippen molar-refractivity contribution >= 4 is 11.9 Å². The number of rotatable bonds is 8. The van der Waals surface area contributed by atoms with E-state index in [0.717, 1.165) is 5.56 Å². The number of esters is 1. The van der Waals surface area contributed by atoms with Gasteiger partial charge in [0.2, 0.25) is 0 Å². The van der Waals surface area contributed by atoms with Crippen molar-refractivity contribution < 1.29 is 19.1 Å². The van der Waals surface area contributed by atoms with Crippen LogP contribution in [0, 0.1) is 0 Å². The highest BCUT2D eigenvalue weighted by Gasteiger charge is 2.13. The Balaban J connectivity index is 1.85. The summed E-state index contributed by atoms with van der Waals surface area (Å²) >= 11 is 0. The summed E-state index contributed by atoms with van der Waals surface area (Å²) in [7, 11) is 1.56. The minimum Gasteiger partial charge on any atom is -0.497 e. The van der Waals surface area contributed by atoms with Crippen molar-refractivity contribution in [2.75, 3.05) is 13.7 Å². The van der Waals surface area contributed by atoms with Crippen LogP contribution in [-0.2, 0) is 22.6 Å². The third kappa shape index (κ3) is 5.44. The lowest BCUT2D eigenvalue weighted by Crippen LogP contribution is -2.29. The molecule has 1 aromatic carbocycles. The number of hydrogen-bond acceptors (Lipinski definition) is 6. The van der Waals surface area contributed by atoms with Crippen LogP contribution in [0.3, 0.4) is 0 Å². The van der Waals surface area contributed by atoms with Crippen LogP contribution >= 0.6 is 0 Å². The van der Waals surface area contributed by atoms with Gasteiger partial charge in [0.1, 0.15) is 5.75 Å². The zero-order valence-electron chi connectivity index (χ0n) is 14.7. The number of nitrogens with zero attached hydrogens (tertiary/aromatic N) is 2. The second-order valence-corrected chi connectivity index (χ2v) is 5.48. The number of carbonyl (C=O) groups is 2. The van der Waals surface area contributed by atoms with Gasteiger partial charge in [0.05, 0.1) is 7.11 Å². The van der Waals surface area contributed by atoms with Gasteiger partial charge in [0.25, 0.3) is 11.5 Å². The zero-order chi connectivity index (χ0) is 18.9. The van der Waals surface area contributed by atoms with Crippen molar-refractivity contribution in [2.45, 2.75) is 26.4 Å².